The molecule has 0 radical (unpaired) electrons. The number of fused-ring (bicyclic) bond motifs is 2. The van der Waals surface area contributed by atoms with Gasteiger partial charge < -0.3 is 0 Å². The molecule has 0 saturated heterocycles. The highest BCUT2D eigenvalue weighted by molar-refractivity contribution is 5.10. The third-order valence-electron chi connectivity index (χ3n) is 2.78. The minimum atomic E-state index is 0.776. The second kappa shape index (κ2) is 3.25. The van der Waals surface area contributed by atoms with Gasteiger partial charge in [-0.1, -0.05) is 30.7 Å². The minimum Gasteiger partial charge on any atom is -0.0879 e. The van der Waals surface area contributed by atoms with Gasteiger partial charge in [-0.2, -0.15) is 0 Å². The normalized spacial score (nSPS) is 36.4. The Morgan fingerprint density at radius 2 is 2.00 bits per heavy atom. The zero-order valence-corrected chi connectivity index (χ0v) is 7.00. The molecule has 0 amide bonds. The molecule has 2 aliphatic rings. The summed E-state index contributed by atoms with van der Waals surface area (Å²) in [5, 5.41) is 0. The summed E-state index contributed by atoms with van der Waals surface area (Å²) in [6.07, 6.45) is 16.5. The summed E-state index contributed by atoms with van der Waals surface area (Å²) in [4.78, 5) is 0. The fourth-order valence-electron chi connectivity index (χ4n) is 2.10. The van der Waals surface area contributed by atoms with E-state index in [0.717, 1.165) is 11.8 Å². The summed E-state index contributed by atoms with van der Waals surface area (Å²) in [5.74, 6) is 1.68. The van der Waals surface area contributed by atoms with E-state index in [4.69, 9.17) is 0 Å². The van der Waals surface area contributed by atoms with E-state index >= 15 is 0 Å². The first-order valence-electron chi connectivity index (χ1n) is 4.80. The molecule has 0 heteroatoms. The van der Waals surface area contributed by atoms with E-state index in [1.54, 1.807) is 0 Å². The van der Waals surface area contributed by atoms with Crippen LogP contribution in [0.2, 0.25) is 0 Å². The van der Waals surface area contributed by atoms with E-state index in [9.17, 15) is 0 Å². The van der Waals surface area contributed by atoms with E-state index in [0.29, 0.717) is 0 Å². The highest BCUT2D eigenvalue weighted by Crippen LogP contribution is 2.29. The molecule has 2 unspecified atom stereocenters. The molecule has 2 rings (SSSR count). The first kappa shape index (κ1) is 7.15. The van der Waals surface area contributed by atoms with E-state index in [-0.39, 0.29) is 0 Å². The third kappa shape index (κ3) is 1.74. The molecule has 0 heterocycles. The Hall–Kier alpha value is -0.520. The lowest BCUT2D eigenvalue weighted by atomic mass is 9.99. The predicted molar refractivity (Wildman–Crippen MR) is 48.3 cm³/mol. The van der Waals surface area contributed by atoms with Gasteiger partial charge in [0.25, 0.3) is 0 Å². The Morgan fingerprint density at radius 3 is 3.00 bits per heavy atom. The molecule has 0 N–H and O–H groups in total. The van der Waals surface area contributed by atoms with Gasteiger partial charge in [0, 0.05) is 0 Å². The molecule has 2 bridgehead atoms. The van der Waals surface area contributed by atoms with Gasteiger partial charge in [0.15, 0.2) is 0 Å². The highest BCUT2D eigenvalue weighted by Gasteiger charge is 2.16. The molecule has 0 fully saturated rings. The standard InChI is InChI=1S/C11H16/c1-2-4-6-11-8-7-10(9-11)5-3-1/h3,5,7-8,10-11H,1-2,4,6,9H2. The Balaban J connectivity index is 2.04. The molecule has 0 aliphatic heterocycles. The highest BCUT2D eigenvalue weighted by atomic mass is 14.2. The zero-order chi connectivity index (χ0) is 7.52. The van der Waals surface area contributed by atoms with Gasteiger partial charge in [-0.05, 0) is 37.5 Å². The summed E-state index contributed by atoms with van der Waals surface area (Å²) < 4.78 is 0. The largest absolute Gasteiger partial charge is 0.0879 e. The molecule has 0 aromatic heterocycles. The second-order valence-electron chi connectivity index (χ2n) is 3.76. The maximum Gasteiger partial charge on any atom is -0.00478 e. The van der Waals surface area contributed by atoms with Crippen LogP contribution in [-0.2, 0) is 0 Å². The van der Waals surface area contributed by atoms with Crippen LogP contribution in [0.4, 0.5) is 0 Å². The Labute approximate surface area is 69.0 Å². The van der Waals surface area contributed by atoms with Gasteiger partial charge in [-0.3, -0.25) is 0 Å². The van der Waals surface area contributed by atoms with E-state index < -0.39 is 0 Å². The van der Waals surface area contributed by atoms with Gasteiger partial charge >= 0.3 is 0 Å². The van der Waals surface area contributed by atoms with Crippen molar-refractivity contribution in [1.29, 1.82) is 0 Å². The summed E-state index contributed by atoms with van der Waals surface area (Å²) >= 11 is 0. The first-order valence-corrected chi connectivity index (χ1v) is 4.80. The van der Waals surface area contributed by atoms with Crippen LogP contribution in [-0.4, -0.2) is 0 Å². The van der Waals surface area contributed by atoms with Gasteiger partial charge in [0.05, 0.1) is 0 Å². The van der Waals surface area contributed by atoms with E-state index in [1.165, 1.54) is 32.1 Å². The van der Waals surface area contributed by atoms with Crippen LogP contribution < -0.4 is 0 Å². The van der Waals surface area contributed by atoms with Crippen molar-refractivity contribution in [3.8, 4) is 0 Å². The van der Waals surface area contributed by atoms with Crippen LogP contribution in [0.15, 0.2) is 24.3 Å². The molecule has 11 heavy (non-hydrogen) atoms. The Morgan fingerprint density at radius 1 is 1.00 bits per heavy atom. The predicted octanol–water partition coefficient (Wildman–Crippen LogP) is 3.31. The average Bonchev–Trinajstić information content (AvgIpc) is 2.49. The van der Waals surface area contributed by atoms with Crippen molar-refractivity contribution in [2.75, 3.05) is 0 Å². The van der Waals surface area contributed by atoms with Crippen molar-refractivity contribution >= 4 is 0 Å². The zero-order valence-electron chi connectivity index (χ0n) is 7.00. The maximum atomic E-state index is 2.42. The SMILES string of the molecule is C1=CC2C=CC(CCCC1)C2. The van der Waals surface area contributed by atoms with Crippen molar-refractivity contribution in [1.82, 2.24) is 0 Å². The molecule has 0 spiro atoms. The molecule has 0 saturated carbocycles. The lowest BCUT2D eigenvalue weighted by molar-refractivity contribution is 0.517. The van der Waals surface area contributed by atoms with Crippen molar-refractivity contribution in [3.63, 3.8) is 0 Å². The molecule has 2 aliphatic carbocycles. The van der Waals surface area contributed by atoms with Crippen molar-refractivity contribution in [2.24, 2.45) is 11.8 Å². The van der Waals surface area contributed by atoms with Crippen molar-refractivity contribution in [3.05, 3.63) is 24.3 Å². The molecule has 2 atom stereocenters. The Kier molecular flexibility index (Phi) is 2.11. The van der Waals surface area contributed by atoms with Crippen LogP contribution in [0.3, 0.4) is 0 Å². The van der Waals surface area contributed by atoms with Gasteiger partial charge in [-0.15, -0.1) is 0 Å². The second-order valence-corrected chi connectivity index (χ2v) is 3.76. The number of hydrogen-bond acceptors (Lipinski definition) is 0. The van der Waals surface area contributed by atoms with Gasteiger partial charge in [-0.25, -0.2) is 0 Å². The summed E-state index contributed by atoms with van der Waals surface area (Å²) in [7, 11) is 0. The molecule has 0 aromatic carbocycles. The van der Waals surface area contributed by atoms with Crippen LogP contribution in [0.5, 0.6) is 0 Å². The van der Waals surface area contributed by atoms with Crippen molar-refractivity contribution in [2.45, 2.75) is 32.1 Å². The van der Waals surface area contributed by atoms with Crippen LogP contribution in [0.25, 0.3) is 0 Å². The monoisotopic (exact) mass is 148 g/mol. The molecular formula is C11H16. The van der Waals surface area contributed by atoms with Gasteiger partial charge in [0.2, 0.25) is 0 Å². The number of hydrogen-bond donors (Lipinski definition) is 0. The molecule has 60 valence electrons. The first-order chi connectivity index (χ1) is 5.45. The van der Waals surface area contributed by atoms with Gasteiger partial charge in [0.1, 0.15) is 0 Å². The fourth-order valence-corrected chi connectivity index (χ4v) is 2.10. The van der Waals surface area contributed by atoms with E-state index in [1.807, 2.05) is 0 Å². The summed E-state index contributed by atoms with van der Waals surface area (Å²) in [6, 6.07) is 0. The third-order valence-corrected chi connectivity index (χ3v) is 2.78. The minimum absolute atomic E-state index is 0.776. The molecule has 0 nitrogen and oxygen atoms in total. The molecule has 0 aromatic rings. The van der Waals surface area contributed by atoms with Crippen LogP contribution in [0, 0.1) is 11.8 Å². The summed E-state index contributed by atoms with van der Waals surface area (Å²) in [6.45, 7) is 0. The van der Waals surface area contributed by atoms with Crippen molar-refractivity contribution < 1.29 is 0 Å². The lowest BCUT2D eigenvalue weighted by Gasteiger charge is -2.06. The number of allylic oxidation sites excluding steroid dienone is 4. The van der Waals surface area contributed by atoms with Crippen LogP contribution >= 0.6 is 0 Å². The number of rotatable bonds is 0. The molecular weight excluding hydrogens is 132 g/mol. The average molecular weight is 148 g/mol. The van der Waals surface area contributed by atoms with Crippen LogP contribution in [0.1, 0.15) is 32.1 Å². The summed E-state index contributed by atoms with van der Waals surface area (Å²) in [5.41, 5.74) is 0. The fraction of sp³-hybridized carbons (Fsp3) is 0.636. The smallest absolute Gasteiger partial charge is 0.00478 e. The Bertz CT molecular complexity index is 176. The quantitative estimate of drug-likeness (QED) is 0.462. The lowest BCUT2D eigenvalue weighted by Crippen LogP contribution is -1.94. The topological polar surface area (TPSA) is 0 Å². The maximum absolute atomic E-state index is 2.42. The van der Waals surface area contributed by atoms with E-state index in [2.05, 4.69) is 24.3 Å².